The molecular formula is C31H33ClN2O4. The Labute approximate surface area is 229 Å². The minimum atomic E-state index is 0. The van der Waals surface area contributed by atoms with Crippen LogP contribution in [0.25, 0.3) is 22.0 Å². The zero-order valence-corrected chi connectivity index (χ0v) is 22.4. The molecule has 6 rings (SSSR count). The monoisotopic (exact) mass is 532 g/mol. The van der Waals surface area contributed by atoms with Crippen LogP contribution in [0.3, 0.4) is 0 Å². The molecule has 7 heteroatoms. The van der Waals surface area contributed by atoms with E-state index in [1.165, 1.54) is 27.6 Å². The second-order valence-corrected chi connectivity index (χ2v) is 9.61. The maximum absolute atomic E-state index is 5.80. The lowest BCUT2D eigenvalue weighted by Gasteiger charge is -2.18. The average Bonchev–Trinajstić information content (AvgIpc) is 3.40. The van der Waals surface area contributed by atoms with Gasteiger partial charge in [0.2, 0.25) is 12.5 Å². The third-order valence-corrected chi connectivity index (χ3v) is 7.23. The van der Waals surface area contributed by atoms with Crippen molar-refractivity contribution in [3.8, 4) is 34.3 Å². The summed E-state index contributed by atoms with van der Waals surface area (Å²) in [7, 11) is 1.74. The second kappa shape index (κ2) is 11.8. The summed E-state index contributed by atoms with van der Waals surface area (Å²) in [4.78, 5) is 0. The van der Waals surface area contributed by atoms with E-state index >= 15 is 0 Å². The van der Waals surface area contributed by atoms with Crippen molar-refractivity contribution >= 4 is 16.5 Å². The van der Waals surface area contributed by atoms with Gasteiger partial charge in [0, 0.05) is 19.0 Å². The number of ether oxygens (including phenoxy) is 4. The quantitative estimate of drug-likeness (QED) is 0.251. The molecule has 1 N–H and O–H groups in total. The maximum atomic E-state index is 5.80. The highest BCUT2D eigenvalue weighted by atomic mass is 35.5. The molecule has 0 saturated heterocycles. The number of hydrogen-bond acceptors (Lipinski definition) is 5. The summed E-state index contributed by atoms with van der Waals surface area (Å²) in [6, 6.07) is 20.8. The van der Waals surface area contributed by atoms with Gasteiger partial charge in [0.25, 0.3) is 0 Å². The normalized spacial score (nSPS) is 12.9. The van der Waals surface area contributed by atoms with Gasteiger partial charge in [-0.3, -0.25) is 0 Å². The van der Waals surface area contributed by atoms with E-state index in [-0.39, 0.29) is 12.4 Å². The Morgan fingerprint density at radius 2 is 1.74 bits per heavy atom. The first-order valence-electron chi connectivity index (χ1n) is 13.2. The minimum absolute atomic E-state index is 0. The van der Waals surface area contributed by atoms with E-state index in [2.05, 4.69) is 46.4 Å². The van der Waals surface area contributed by atoms with Gasteiger partial charge in [-0.2, -0.15) is 4.57 Å². The van der Waals surface area contributed by atoms with E-state index in [9.17, 15) is 0 Å². The van der Waals surface area contributed by atoms with Crippen LogP contribution in [0.2, 0.25) is 0 Å². The highest BCUT2D eigenvalue weighted by molar-refractivity contribution is 5.97. The molecular weight excluding hydrogens is 500 g/mol. The molecule has 0 amide bonds. The molecule has 3 heterocycles. The lowest BCUT2D eigenvalue weighted by molar-refractivity contribution is -0.686. The summed E-state index contributed by atoms with van der Waals surface area (Å²) in [5.41, 5.74) is 4.81. The highest BCUT2D eigenvalue weighted by Gasteiger charge is 2.28. The van der Waals surface area contributed by atoms with Crippen molar-refractivity contribution in [2.75, 3.05) is 32.4 Å². The van der Waals surface area contributed by atoms with Crippen molar-refractivity contribution in [3.63, 3.8) is 0 Å². The van der Waals surface area contributed by atoms with Crippen LogP contribution in [0.5, 0.6) is 23.0 Å². The Hall–Kier alpha value is -3.64. The summed E-state index contributed by atoms with van der Waals surface area (Å²) in [6.07, 6.45) is 7.72. The first-order valence-corrected chi connectivity index (χ1v) is 13.2. The van der Waals surface area contributed by atoms with Gasteiger partial charge in [-0.05, 0) is 54.1 Å². The molecule has 198 valence electrons. The standard InChI is InChI=1S/C31H32N2O4.ClH/c1-34-28-12-11-22-17-27-25-19-30-29(36-21-37-30)18-23(25)13-15-33(27)20-26(22)31(28)32-14-7-2-3-8-16-35-24-9-5-4-6-10-24;/h4-6,9-12,17-20H,2-3,7-8,13-16,21H2,1H3;1H. The van der Waals surface area contributed by atoms with E-state index < -0.39 is 0 Å². The number of methoxy groups -OCH3 is 1. The molecule has 0 spiro atoms. The Kier molecular flexibility index (Phi) is 8.08. The van der Waals surface area contributed by atoms with Crippen LogP contribution in [-0.2, 0) is 13.0 Å². The smallest absolute Gasteiger partial charge is 0.231 e. The third-order valence-electron chi connectivity index (χ3n) is 7.23. The number of aromatic nitrogens is 1. The molecule has 3 aromatic carbocycles. The fraction of sp³-hybridized carbons (Fsp3) is 0.323. The fourth-order valence-electron chi connectivity index (χ4n) is 5.28. The van der Waals surface area contributed by atoms with Crippen molar-refractivity contribution in [1.82, 2.24) is 0 Å². The number of pyridine rings is 1. The Morgan fingerprint density at radius 3 is 2.58 bits per heavy atom. The SMILES string of the molecule is COc1ccc2cc3[n+](cc2c1NCCCCCCOc1ccccc1)CCc1cc2c(cc1-3)OCO2.[Cl-]. The molecule has 6 nitrogen and oxygen atoms in total. The van der Waals surface area contributed by atoms with E-state index in [0.717, 1.165) is 80.5 Å². The number of hydrogen-bond donors (Lipinski definition) is 1. The number of unbranched alkanes of at least 4 members (excludes halogenated alkanes) is 3. The predicted molar refractivity (Wildman–Crippen MR) is 145 cm³/mol. The Morgan fingerprint density at radius 1 is 0.921 bits per heavy atom. The fourth-order valence-corrected chi connectivity index (χ4v) is 5.28. The van der Waals surface area contributed by atoms with Crippen LogP contribution in [0.15, 0.2) is 66.9 Å². The molecule has 0 unspecified atom stereocenters. The van der Waals surface area contributed by atoms with Crippen molar-refractivity contribution in [1.29, 1.82) is 0 Å². The molecule has 2 aliphatic rings. The number of para-hydroxylation sites is 1. The van der Waals surface area contributed by atoms with E-state index in [1.54, 1.807) is 7.11 Å². The number of fused-ring (bicyclic) bond motifs is 5. The van der Waals surface area contributed by atoms with Gasteiger partial charge in [0.1, 0.15) is 11.5 Å². The predicted octanol–water partition coefficient (Wildman–Crippen LogP) is 3.14. The van der Waals surface area contributed by atoms with Gasteiger partial charge < -0.3 is 36.7 Å². The van der Waals surface area contributed by atoms with Gasteiger partial charge in [-0.1, -0.05) is 37.1 Å². The summed E-state index contributed by atoms with van der Waals surface area (Å²) in [5, 5.41) is 6.05. The number of anilines is 1. The van der Waals surface area contributed by atoms with Crippen LogP contribution < -0.4 is 41.2 Å². The first kappa shape index (κ1) is 26.0. The largest absolute Gasteiger partial charge is 1.00 e. The molecule has 0 bridgehead atoms. The third kappa shape index (κ3) is 5.32. The average molecular weight is 533 g/mol. The summed E-state index contributed by atoms with van der Waals surface area (Å²) >= 11 is 0. The van der Waals surface area contributed by atoms with Gasteiger partial charge in [-0.15, -0.1) is 0 Å². The van der Waals surface area contributed by atoms with E-state index in [0.29, 0.717) is 6.79 Å². The van der Waals surface area contributed by atoms with E-state index in [1.807, 2.05) is 30.3 Å². The van der Waals surface area contributed by atoms with Crippen molar-refractivity contribution < 1.29 is 35.9 Å². The molecule has 1 aromatic heterocycles. The molecule has 0 fully saturated rings. The highest BCUT2D eigenvalue weighted by Crippen LogP contribution is 2.41. The van der Waals surface area contributed by atoms with Crippen LogP contribution in [0.1, 0.15) is 31.2 Å². The number of benzene rings is 3. The lowest BCUT2D eigenvalue weighted by Crippen LogP contribution is -3.00. The van der Waals surface area contributed by atoms with Gasteiger partial charge in [0.05, 0.1) is 30.4 Å². The van der Waals surface area contributed by atoms with Crippen molar-refractivity contribution in [3.05, 3.63) is 72.4 Å². The Bertz CT molecular complexity index is 1410. The molecule has 0 aliphatic carbocycles. The number of aryl methyl sites for hydroxylation is 2. The minimum Gasteiger partial charge on any atom is -1.00 e. The number of nitrogens with zero attached hydrogens (tertiary/aromatic N) is 1. The molecule has 0 radical (unpaired) electrons. The van der Waals surface area contributed by atoms with Gasteiger partial charge >= 0.3 is 0 Å². The summed E-state index contributed by atoms with van der Waals surface area (Å²) in [5.74, 6) is 3.51. The molecule has 38 heavy (non-hydrogen) atoms. The van der Waals surface area contributed by atoms with E-state index in [4.69, 9.17) is 18.9 Å². The molecule has 4 aromatic rings. The van der Waals surface area contributed by atoms with Crippen LogP contribution >= 0.6 is 0 Å². The lowest BCUT2D eigenvalue weighted by atomic mass is 9.95. The van der Waals surface area contributed by atoms with Gasteiger partial charge in [0.15, 0.2) is 24.2 Å². The maximum Gasteiger partial charge on any atom is 0.231 e. The Balaban J connectivity index is 0.00000294. The first-order chi connectivity index (χ1) is 18.3. The zero-order chi connectivity index (χ0) is 25.0. The van der Waals surface area contributed by atoms with Gasteiger partial charge in [-0.25, -0.2) is 0 Å². The summed E-state index contributed by atoms with van der Waals surface area (Å²) in [6.45, 7) is 2.90. The van der Waals surface area contributed by atoms with Crippen molar-refractivity contribution in [2.24, 2.45) is 0 Å². The zero-order valence-electron chi connectivity index (χ0n) is 21.7. The topological polar surface area (TPSA) is 52.8 Å². The molecule has 2 aliphatic heterocycles. The molecule has 0 saturated carbocycles. The number of halogens is 1. The second-order valence-electron chi connectivity index (χ2n) is 9.61. The summed E-state index contributed by atoms with van der Waals surface area (Å²) < 4.78 is 25.1. The van der Waals surface area contributed by atoms with Crippen molar-refractivity contribution in [2.45, 2.75) is 38.6 Å². The van der Waals surface area contributed by atoms with Crippen LogP contribution in [0.4, 0.5) is 5.69 Å². The molecule has 0 atom stereocenters. The van der Waals surface area contributed by atoms with Crippen LogP contribution in [-0.4, -0.2) is 27.1 Å². The number of nitrogens with one attached hydrogen (secondary N) is 1. The van der Waals surface area contributed by atoms with Crippen LogP contribution in [0, 0.1) is 0 Å². The number of rotatable bonds is 10.